The highest BCUT2D eigenvalue weighted by molar-refractivity contribution is 7.15. The number of hydrogen-bond acceptors (Lipinski definition) is 4. The lowest BCUT2D eigenvalue weighted by Crippen LogP contribution is -2.30. The summed E-state index contributed by atoms with van der Waals surface area (Å²) in [5.74, 6) is 0.456. The van der Waals surface area contributed by atoms with E-state index < -0.39 is 12.7 Å². The van der Waals surface area contributed by atoms with Crippen LogP contribution in [0.25, 0.3) is 0 Å². The second-order valence-corrected chi connectivity index (χ2v) is 5.64. The van der Waals surface area contributed by atoms with Crippen LogP contribution in [0.4, 0.5) is 18.3 Å². The summed E-state index contributed by atoms with van der Waals surface area (Å²) in [5, 5.41) is 3.50. The quantitative estimate of drug-likeness (QED) is 0.898. The van der Waals surface area contributed by atoms with Crippen molar-refractivity contribution in [1.82, 2.24) is 10.3 Å². The number of rotatable bonds is 5. The molecular formula is C11H16F3N3S. The zero-order chi connectivity index (χ0) is 13.3. The maximum Gasteiger partial charge on any atom is 0.405 e. The van der Waals surface area contributed by atoms with Crippen LogP contribution in [0.15, 0.2) is 0 Å². The van der Waals surface area contributed by atoms with Gasteiger partial charge in [0.2, 0.25) is 0 Å². The van der Waals surface area contributed by atoms with Crippen molar-refractivity contribution in [2.24, 2.45) is 0 Å². The van der Waals surface area contributed by atoms with Gasteiger partial charge in [0, 0.05) is 24.4 Å². The predicted molar refractivity (Wildman–Crippen MR) is 66.2 cm³/mol. The molecule has 18 heavy (non-hydrogen) atoms. The Morgan fingerprint density at radius 1 is 1.44 bits per heavy atom. The van der Waals surface area contributed by atoms with Gasteiger partial charge >= 0.3 is 6.18 Å². The topological polar surface area (TPSA) is 28.2 Å². The molecule has 0 spiro atoms. The van der Waals surface area contributed by atoms with Gasteiger partial charge in [0.15, 0.2) is 5.13 Å². The Hall–Kier alpha value is -0.820. The van der Waals surface area contributed by atoms with Crippen LogP contribution >= 0.6 is 11.3 Å². The molecule has 2 rings (SSSR count). The fraction of sp³-hybridized carbons (Fsp3) is 0.727. The van der Waals surface area contributed by atoms with E-state index in [1.54, 1.807) is 0 Å². The third-order valence-electron chi connectivity index (χ3n) is 2.76. The molecule has 1 aliphatic carbocycles. The third kappa shape index (κ3) is 3.35. The van der Waals surface area contributed by atoms with Crippen LogP contribution < -0.4 is 10.2 Å². The lowest BCUT2D eigenvalue weighted by Gasteiger charge is -2.17. The minimum atomic E-state index is -4.19. The van der Waals surface area contributed by atoms with Gasteiger partial charge in [0.1, 0.15) is 6.54 Å². The molecule has 102 valence electrons. The molecule has 1 aliphatic rings. The van der Waals surface area contributed by atoms with Crippen molar-refractivity contribution in [3.05, 3.63) is 10.6 Å². The summed E-state index contributed by atoms with van der Waals surface area (Å²) in [5.41, 5.74) is 0.985. The molecule has 7 heteroatoms. The van der Waals surface area contributed by atoms with Gasteiger partial charge in [-0.15, -0.1) is 11.3 Å². The van der Waals surface area contributed by atoms with Crippen molar-refractivity contribution >= 4 is 16.5 Å². The number of anilines is 1. The van der Waals surface area contributed by atoms with Crippen molar-refractivity contribution in [3.8, 4) is 0 Å². The Kier molecular flexibility index (Phi) is 3.82. The minimum absolute atomic E-state index is 0.456. The molecule has 1 N–H and O–H groups in total. The molecule has 0 aromatic carbocycles. The third-order valence-corrected chi connectivity index (χ3v) is 3.95. The van der Waals surface area contributed by atoms with Crippen LogP contribution in [-0.4, -0.2) is 31.8 Å². The lowest BCUT2D eigenvalue weighted by molar-refractivity contribution is -0.119. The van der Waals surface area contributed by atoms with E-state index in [4.69, 9.17) is 0 Å². The number of hydrogen-bond donors (Lipinski definition) is 1. The number of nitrogens with one attached hydrogen (secondary N) is 1. The normalized spacial score (nSPS) is 16.1. The van der Waals surface area contributed by atoms with Crippen molar-refractivity contribution in [1.29, 1.82) is 0 Å². The van der Waals surface area contributed by atoms with E-state index in [9.17, 15) is 13.2 Å². The zero-order valence-corrected chi connectivity index (χ0v) is 11.2. The van der Waals surface area contributed by atoms with Gasteiger partial charge in [-0.05, 0) is 19.9 Å². The second kappa shape index (κ2) is 5.05. The molecular weight excluding hydrogens is 263 g/mol. The number of halogens is 3. The zero-order valence-electron chi connectivity index (χ0n) is 10.3. The smallest absolute Gasteiger partial charge is 0.342 e. The van der Waals surface area contributed by atoms with Crippen LogP contribution in [0, 0.1) is 0 Å². The minimum Gasteiger partial charge on any atom is -0.342 e. The number of aromatic nitrogens is 1. The molecule has 0 amide bonds. The second-order valence-electron chi connectivity index (χ2n) is 4.58. The SMILES string of the molecule is CNCc1sc(N(C)CC(F)(F)F)nc1C1CC1. The number of alkyl halides is 3. The molecule has 0 bridgehead atoms. The van der Waals surface area contributed by atoms with E-state index in [1.807, 2.05) is 7.05 Å². The molecule has 1 aromatic rings. The van der Waals surface area contributed by atoms with Crippen molar-refractivity contribution < 1.29 is 13.2 Å². The molecule has 1 saturated carbocycles. The molecule has 0 aliphatic heterocycles. The van der Waals surface area contributed by atoms with Gasteiger partial charge in [-0.2, -0.15) is 13.2 Å². The van der Waals surface area contributed by atoms with Crippen LogP contribution in [0.3, 0.4) is 0 Å². The average molecular weight is 279 g/mol. The first-order chi connectivity index (χ1) is 8.40. The first-order valence-corrected chi connectivity index (χ1v) is 6.64. The van der Waals surface area contributed by atoms with E-state index in [1.165, 1.54) is 23.3 Å². The molecule has 1 heterocycles. The van der Waals surface area contributed by atoms with Crippen LogP contribution in [0.1, 0.15) is 29.3 Å². The Balaban J connectivity index is 2.15. The Morgan fingerprint density at radius 2 is 2.11 bits per heavy atom. The molecule has 1 aromatic heterocycles. The molecule has 0 unspecified atom stereocenters. The van der Waals surface area contributed by atoms with Gasteiger partial charge in [-0.1, -0.05) is 0 Å². The Morgan fingerprint density at radius 3 is 2.61 bits per heavy atom. The van der Waals surface area contributed by atoms with Crippen molar-refractivity contribution in [2.75, 3.05) is 25.5 Å². The highest BCUT2D eigenvalue weighted by atomic mass is 32.1. The van der Waals surface area contributed by atoms with Crippen LogP contribution in [0.2, 0.25) is 0 Å². The summed E-state index contributed by atoms with van der Waals surface area (Å²) >= 11 is 1.35. The summed E-state index contributed by atoms with van der Waals surface area (Å²) in [4.78, 5) is 6.61. The van der Waals surface area contributed by atoms with E-state index in [0.29, 0.717) is 17.6 Å². The van der Waals surface area contributed by atoms with Crippen molar-refractivity contribution in [2.45, 2.75) is 31.5 Å². The van der Waals surface area contributed by atoms with E-state index in [2.05, 4.69) is 10.3 Å². The van der Waals surface area contributed by atoms with E-state index in [-0.39, 0.29) is 0 Å². The van der Waals surface area contributed by atoms with Crippen molar-refractivity contribution in [3.63, 3.8) is 0 Å². The van der Waals surface area contributed by atoms with Gasteiger partial charge < -0.3 is 10.2 Å². The summed E-state index contributed by atoms with van der Waals surface area (Å²) in [6.07, 6.45) is -1.99. The first kappa shape index (κ1) is 13.6. The van der Waals surface area contributed by atoms with Gasteiger partial charge in [0.25, 0.3) is 0 Å². The van der Waals surface area contributed by atoms with Gasteiger partial charge in [-0.3, -0.25) is 0 Å². The summed E-state index contributed by atoms with van der Waals surface area (Å²) in [6.45, 7) is -0.285. The van der Waals surface area contributed by atoms with Crippen LogP contribution in [-0.2, 0) is 6.54 Å². The number of thiazole rings is 1. The molecule has 1 fully saturated rings. The highest BCUT2D eigenvalue weighted by Crippen LogP contribution is 2.44. The first-order valence-electron chi connectivity index (χ1n) is 5.83. The molecule has 3 nitrogen and oxygen atoms in total. The molecule has 0 radical (unpaired) electrons. The summed E-state index contributed by atoms with van der Waals surface area (Å²) < 4.78 is 37.0. The average Bonchev–Trinajstić information content (AvgIpc) is 2.98. The predicted octanol–water partition coefficient (Wildman–Crippen LogP) is 2.74. The maximum absolute atomic E-state index is 12.3. The fourth-order valence-electron chi connectivity index (χ4n) is 1.81. The van der Waals surface area contributed by atoms with Gasteiger partial charge in [0.05, 0.1) is 5.69 Å². The monoisotopic (exact) mass is 279 g/mol. The standard InChI is InChI=1S/C11H16F3N3S/c1-15-5-8-9(7-3-4-7)16-10(18-8)17(2)6-11(12,13)14/h7,15H,3-6H2,1-2H3. The Labute approximate surface area is 108 Å². The molecule has 0 saturated heterocycles. The van der Waals surface area contributed by atoms with E-state index >= 15 is 0 Å². The van der Waals surface area contributed by atoms with E-state index in [0.717, 1.165) is 23.4 Å². The Bertz CT molecular complexity index is 412. The lowest BCUT2D eigenvalue weighted by atomic mass is 10.2. The highest BCUT2D eigenvalue weighted by Gasteiger charge is 2.33. The number of nitrogens with zero attached hydrogens (tertiary/aromatic N) is 2. The van der Waals surface area contributed by atoms with Gasteiger partial charge in [-0.25, -0.2) is 4.98 Å². The fourth-order valence-corrected chi connectivity index (χ4v) is 2.93. The van der Waals surface area contributed by atoms with Crippen LogP contribution in [0.5, 0.6) is 0 Å². The molecule has 0 atom stereocenters. The maximum atomic E-state index is 12.3. The largest absolute Gasteiger partial charge is 0.405 e. The summed E-state index contributed by atoms with van der Waals surface area (Å²) in [6, 6.07) is 0. The summed E-state index contributed by atoms with van der Waals surface area (Å²) in [7, 11) is 3.27.